The second-order valence-electron chi connectivity index (χ2n) is 4.46. The number of methoxy groups -OCH3 is 1. The lowest BCUT2D eigenvalue weighted by Crippen LogP contribution is -2.07. The van der Waals surface area contributed by atoms with Crippen molar-refractivity contribution in [1.29, 1.82) is 0 Å². The molecule has 0 N–H and O–H groups in total. The van der Waals surface area contributed by atoms with Gasteiger partial charge < -0.3 is 13.9 Å². The number of hydrogen-bond acceptors (Lipinski definition) is 8. The van der Waals surface area contributed by atoms with E-state index in [1.54, 1.807) is 12.1 Å². The van der Waals surface area contributed by atoms with E-state index < -0.39 is 16.9 Å². The first kappa shape index (κ1) is 17.5. The molecule has 0 bridgehead atoms. The number of rotatable bonds is 7. The maximum Gasteiger partial charge on any atom is 0.373 e. The van der Waals surface area contributed by atoms with Gasteiger partial charge in [-0.05, 0) is 24.3 Å². The molecule has 0 amide bonds. The van der Waals surface area contributed by atoms with Gasteiger partial charge in [-0.15, -0.1) is 11.8 Å². The fraction of sp³-hybridized carbons (Fsp3) is 0.200. The Kier molecular flexibility index (Phi) is 5.96. The average molecular weight is 351 g/mol. The van der Waals surface area contributed by atoms with E-state index in [1.807, 2.05) is 0 Å². The molecule has 0 aliphatic carbocycles. The van der Waals surface area contributed by atoms with Crippen LogP contribution in [-0.4, -0.2) is 29.7 Å². The minimum Gasteiger partial charge on any atom is -0.463 e. The van der Waals surface area contributed by atoms with Gasteiger partial charge in [0.25, 0.3) is 5.69 Å². The van der Waals surface area contributed by atoms with Crippen LogP contribution in [0, 0.1) is 10.1 Å². The maximum absolute atomic E-state index is 11.7. The van der Waals surface area contributed by atoms with Gasteiger partial charge in [0, 0.05) is 17.0 Å². The highest BCUT2D eigenvalue weighted by Gasteiger charge is 2.13. The first-order valence-electron chi connectivity index (χ1n) is 6.69. The fourth-order valence-electron chi connectivity index (χ4n) is 1.67. The van der Waals surface area contributed by atoms with E-state index in [9.17, 15) is 19.7 Å². The van der Waals surface area contributed by atoms with Crippen molar-refractivity contribution in [2.24, 2.45) is 0 Å². The predicted molar refractivity (Wildman–Crippen MR) is 83.7 cm³/mol. The number of esters is 2. The van der Waals surface area contributed by atoms with Crippen LogP contribution < -0.4 is 0 Å². The summed E-state index contributed by atoms with van der Waals surface area (Å²) in [7, 11) is 1.24. The number of benzene rings is 1. The van der Waals surface area contributed by atoms with Crippen molar-refractivity contribution in [2.75, 3.05) is 12.9 Å². The molecular formula is C15H13NO7S. The topological polar surface area (TPSA) is 109 Å². The highest BCUT2D eigenvalue weighted by Crippen LogP contribution is 2.21. The summed E-state index contributed by atoms with van der Waals surface area (Å²) < 4.78 is 14.7. The van der Waals surface area contributed by atoms with E-state index in [0.29, 0.717) is 10.7 Å². The van der Waals surface area contributed by atoms with Crippen molar-refractivity contribution in [3.05, 3.63) is 58.0 Å². The molecule has 1 heterocycles. The summed E-state index contributed by atoms with van der Waals surface area (Å²) in [5.74, 6) is -0.689. The zero-order valence-corrected chi connectivity index (χ0v) is 13.4. The van der Waals surface area contributed by atoms with Crippen LogP contribution in [0.3, 0.4) is 0 Å². The highest BCUT2D eigenvalue weighted by atomic mass is 32.2. The van der Waals surface area contributed by atoms with Gasteiger partial charge in [0.2, 0.25) is 5.76 Å². The zero-order valence-electron chi connectivity index (χ0n) is 12.6. The van der Waals surface area contributed by atoms with Crippen LogP contribution in [0.2, 0.25) is 0 Å². The summed E-state index contributed by atoms with van der Waals surface area (Å²) in [4.78, 5) is 33.7. The lowest BCUT2D eigenvalue weighted by Gasteiger charge is -2.03. The second kappa shape index (κ2) is 8.16. The molecule has 0 saturated carbocycles. The minimum atomic E-state index is -0.610. The molecule has 0 aliphatic rings. The SMILES string of the molecule is COC(=O)c1ccc(COC(=O)CSc2ccc([N+](=O)[O-])cc2)o1. The van der Waals surface area contributed by atoms with Crippen molar-refractivity contribution < 1.29 is 28.4 Å². The molecule has 0 saturated heterocycles. The normalized spacial score (nSPS) is 10.2. The van der Waals surface area contributed by atoms with Crippen LogP contribution >= 0.6 is 11.8 Å². The molecule has 0 spiro atoms. The van der Waals surface area contributed by atoms with Crippen molar-refractivity contribution in [3.63, 3.8) is 0 Å². The quantitative estimate of drug-likeness (QED) is 0.324. The van der Waals surface area contributed by atoms with E-state index in [1.165, 1.54) is 43.1 Å². The molecule has 2 rings (SSSR count). The molecular weight excluding hydrogens is 338 g/mol. The van der Waals surface area contributed by atoms with Crippen LogP contribution in [0.1, 0.15) is 16.3 Å². The van der Waals surface area contributed by atoms with Gasteiger partial charge in [-0.25, -0.2) is 4.79 Å². The molecule has 9 heteroatoms. The Morgan fingerprint density at radius 3 is 2.54 bits per heavy atom. The van der Waals surface area contributed by atoms with Gasteiger partial charge >= 0.3 is 11.9 Å². The Balaban J connectivity index is 1.78. The number of ether oxygens (including phenoxy) is 2. The molecule has 2 aromatic rings. The lowest BCUT2D eigenvalue weighted by molar-refractivity contribution is -0.384. The number of nitro benzene ring substituents is 1. The molecule has 0 fully saturated rings. The summed E-state index contributed by atoms with van der Waals surface area (Å²) in [6, 6.07) is 8.80. The Labute approximate surface area is 140 Å². The lowest BCUT2D eigenvalue weighted by atomic mass is 10.3. The van der Waals surface area contributed by atoms with Crippen LogP contribution in [-0.2, 0) is 20.9 Å². The Hall–Kier alpha value is -2.81. The average Bonchev–Trinajstić information content (AvgIpc) is 3.06. The molecule has 1 aromatic carbocycles. The summed E-state index contributed by atoms with van der Waals surface area (Å²) in [5.41, 5.74) is -0.0128. The number of furan rings is 1. The molecule has 1 aromatic heterocycles. The standard InChI is InChI=1S/C15H13NO7S/c1-21-15(18)13-7-4-11(23-13)8-22-14(17)9-24-12-5-2-10(3-6-12)16(19)20/h2-7H,8-9H2,1H3. The molecule has 0 radical (unpaired) electrons. The third kappa shape index (κ3) is 4.85. The number of thioether (sulfide) groups is 1. The Morgan fingerprint density at radius 2 is 1.92 bits per heavy atom. The summed E-state index contributed by atoms with van der Waals surface area (Å²) in [6.45, 7) is -0.101. The maximum atomic E-state index is 11.7. The largest absolute Gasteiger partial charge is 0.463 e. The summed E-state index contributed by atoms with van der Waals surface area (Å²) in [6.07, 6.45) is 0. The van der Waals surface area contributed by atoms with Crippen LogP contribution in [0.4, 0.5) is 5.69 Å². The molecule has 0 atom stereocenters. The molecule has 126 valence electrons. The highest BCUT2D eigenvalue weighted by molar-refractivity contribution is 8.00. The van der Waals surface area contributed by atoms with Gasteiger partial charge in [-0.3, -0.25) is 14.9 Å². The van der Waals surface area contributed by atoms with E-state index in [0.717, 1.165) is 0 Å². The van der Waals surface area contributed by atoms with Crippen LogP contribution in [0.25, 0.3) is 0 Å². The van der Waals surface area contributed by atoms with Gasteiger partial charge in [0.1, 0.15) is 12.4 Å². The predicted octanol–water partition coefficient (Wildman–Crippen LogP) is 2.81. The zero-order chi connectivity index (χ0) is 17.5. The van der Waals surface area contributed by atoms with Crippen LogP contribution in [0.5, 0.6) is 0 Å². The number of hydrogen-bond donors (Lipinski definition) is 0. The summed E-state index contributed by atoms with van der Waals surface area (Å²) in [5, 5.41) is 10.5. The molecule has 0 aliphatic heterocycles. The molecule has 8 nitrogen and oxygen atoms in total. The number of carbonyl (C=O) groups excluding carboxylic acids is 2. The fourth-order valence-corrected chi connectivity index (χ4v) is 2.36. The van der Waals surface area contributed by atoms with E-state index >= 15 is 0 Å². The second-order valence-corrected chi connectivity index (χ2v) is 5.51. The monoisotopic (exact) mass is 351 g/mol. The summed E-state index contributed by atoms with van der Waals surface area (Å²) >= 11 is 1.20. The molecule has 24 heavy (non-hydrogen) atoms. The minimum absolute atomic E-state index is 0.0128. The Bertz CT molecular complexity index is 739. The first-order valence-corrected chi connectivity index (χ1v) is 7.68. The van der Waals surface area contributed by atoms with Crippen molar-refractivity contribution >= 4 is 29.4 Å². The third-order valence-electron chi connectivity index (χ3n) is 2.83. The number of nitro groups is 1. The van der Waals surface area contributed by atoms with Crippen molar-refractivity contribution in [2.45, 2.75) is 11.5 Å². The van der Waals surface area contributed by atoms with Gasteiger partial charge in [-0.2, -0.15) is 0 Å². The van der Waals surface area contributed by atoms with Crippen molar-refractivity contribution in [3.8, 4) is 0 Å². The third-order valence-corrected chi connectivity index (χ3v) is 3.81. The molecule has 0 unspecified atom stereocenters. The number of nitrogens with zero attached hydrogens (tertiary/aromatic N) is 1. The van der Waals surface area contributed by atoms with Crippen LogP contribution in [0.15, 0.2) is 45.7 Å². The van der Waals surface area contributed by atoms with Gasteiger partial charge in [-0.1, -0.05) is 0 Å². The van der Waals surface area contributed by atoms with Gasteiger partial charge in [0.05, 0.1) is 17.8 Å². The smallest absolute Gasteiger partial charge is 0.373 e. The van der Waals surface area contributed by atoms with Crippen molar-refractivity contribution in [1.82, 2.24) is 0 Å². The number of non-ortho nitro benzene ring substituents is 1. The first-order chi connectivity index (χ1) is 11.5. The number of carbonyl (C=O) groups is 2. The Morgan fingerprint density at radius 1 is 1.21 bits per heavy atom. The van der Waals surface area contributed by atoms with E-state index in [2.05, 4.69) is 4.74 Å². The van der Waals surface area contributed by atoms with E-state index in [-0.39, 0.29) is 23.8 Å². The van der Waals surface area contributed by atoms with Gasteiger partial charge in [0.15, 0.2) is 0 Å². The van der Waals surface area contributed by atoms with E-state index in [4.69, 9.17) is 9.15 Å².